The smallest absolute Gasteiger partial charge is 0.333 e. The van der Waals surface area contributed by atoms with Crippen LogP contribution < -0.4 is 10.1 Å². The number of benzene rings is 2. The molecule has 1 unspecified atom stereocenters. The third-order valence-corrected chi connectivity index (χ3v) is 6.75. The van der Waals surface area contributed by atoms with E-state index in [1.807, 2.05) is 12.1 Å². The van der Waals surface area contributed by atoms with E-state index in [0.29, 0.717) is 37.7 Å². The summed E-state index contributed by atoms with van der Waals surface area (Å²) in [5, 5.41) is 12.1. The van der Waals surface area contributed by atoms with E-state index in [2.05, 4.69) is 5.32 Å². The summed E-state index contributed by atoms with van der Waals surface area (Å²) in [6.07, 6.45) is 7.87. The van der Waals surface area contributed by atoms with Crippen LogP contribution in [0.25, 0.3) is 0 Å². The molecule has 1 aliphatic rings. The van der Waals surface area contributed by atoms with Crippen LogP contribution in [0, 0.1) is 11.7 Å². The lowest BCUT2D eigenvalue weighted by atomic mass is 9.86. The minimum Gasteiger partial charge on any atom is -0.492 e. The lowest BCUT2D eigenvalue weighted by Crippen LogP contribution is -2.38. The molecule has 0 aromatic heterocycles. The monoisotopic (exact) mass is 514 g/mol. The highest BCUT2D eigenvalue weighted by atomic mass is 19.1. The maximum atomic E-state index is 13.6. The van der Waals surface area contributed by atoms with Crippen LogP contribution in [0.1, 0.15) is 57.4 Å². The molecule has 3 rings (SSSR count). The summed E-state index contributed by atoms with van der Waals surface area (Å²) >= 11 is 0. The molecule has 2 amide bonds. The van der Waals surface area contributed by atoms with Gasteiger partial charge in [-0.3, -0.25) is 0 Å². The molecule has 0 radical (unpaired) electrons. The van der Waals surface area contributed by atoms with Crippen molar-refractivity contribution in [1.82, 2.24) is 4.90 Å². The number of anilines is 1. The van der Waals surface area contributed by atoms with Crippen LogP contribution in [0.4, 0.5) is 14.9 Å². The number of aliphatic carboxylic acids is 1. The second kappa shape index (κ2) is 15.2. The van der Waals surface area contributed by atoms with Crippen LogP contribution in [0.2, 0.25) is 0 Å². The molecule has 0 saturated heterocycles. The van der Waals surface area contributed by atoms with Crippen molar-refractivity contribution >= 4 is 17.7 Å². The van der Waals surface area contributed by atoms with E-state index < -0.39 is 17.9 Å². The molecule has 37 heavy (non-hydrogen) atoms. The topological polar surface area (TPSA) is 88.1 Å². The van der Waals surface area contributed by atoms with Gasteiger partial charge in [-0.15, -0.1) is 0 Å². The molecule has 2 N–H and O–H groups in total. The van der Waals surface area contributed by atoms with Gasteiger partial charge in [0, 0.05) is 25.3 Å². The van der Waals surface area contributed by atoms with E-state index in [4.69, 9.17) is 9.47 Å². The summed E-state index contributed by atoms with van der Waals surface area (Å²) in [5.41, 5.74) is 1.26. The van der Waals surface area contributed by atoms with Crippen molar-refractivity contribution in [3.63, 3.8) is 0 Å². The number of carbonyl (C=O) groups is 2. The lowest BCUT2D eigenvalue weighted by molar-refractivity contribution is -0.149. The van der Waals surface area contributed by atoms with Crippen LogP contribution in [-0.2, 0) is 16.0 Å². The average molecular weight is 515 g/mol. The summed E-state index contributed by atoms with van der Waals surface area (Å²) in [6.45, 7) is 3.40. The number of rotatable bonds is 14. The second-order valence-electron chi connectivity index (χ2n) is 9.55. The number of ether oxygens (including phenoxy) is 2. The average Bonchev–Trinajstić information content (AvgIpc) is 2.89. The first kappa shape index (κ1) is 28.4. The number of amides is 2. The molecule has 202 valence electrons. The third-order valence-electron chi connectivity index (χ3n) is 6.75. The van der Waals surface area contributed by atoms with E-state index in [1.54, 1.807) is 36.1 Å². The standard InChI is InChI=1S/C29H39FN2O5/c1-2-36-27(28(33)34)20-23-13-15-26(16-14-23)37-19-18-32(17-7-10-22-8-4-3-5-9-22)29(35)31-25-12-6-11-24(30)21-25/h6,11-16,21-22,27H,2-5,7-10,17-20H2,1H3,(H,31,35)(H,33,34). The van der Waals surface area contributed by atoms with E-state index in [1.165, 1.54) is 44.2 Å². The van der Waals surface area contributed by atoms with Gasteiger partial charge < -0.3 is 24.8 Å². The maximum Gasteiger partial charge on any atom is 0.333 e. The van der Waals surface area contributed by atoms with Gasteiger partial charge in [0.2, 0.25) is 0 Å². The zero-order valence-corrected chi connectivity index (χ0v) is 21.7. The van der Waals surface area contributed by atoms with Gasteiger partial charge >= 0.3 is 12.0 Å². The normalized spacial score (nSPS) is 14.6. The van der Waals surface area contributed by atoms with Gasteiger partial charge in [-0.25, -0.2) is 14.0 Å². The fraction of sp³-hybridized carbons (Fsp3) is 0.517. The van der Waals surface area contributed by atoms with Crippen LogP contribution in [0.15, 0.2) is 48.5 Å². The van der Waals surface area contributed by atoms with E-state index in [-0.39, 0.29) is 12.5 Å². The first-order valence-corrected chi connectivity index (χ1v) is 13.3. The summed E-state index contributed by atoms with van der Waals surface area (Å²) in [4.78, 5) is 26.0. The zero-order valence-electron chi connectivity index (χ0n) is 21.7. The number of carboxylic acids is 1. The van der Waals surface area contributed by atoms with Crippen LogP contribution >= 0.6 is 0 Å². The Morgan fingerprint density at radius 1 is 1.11 bits per heavy atom. The Morgan fingerprint density at radius 3 is 2.54 bits per heavy atom. The fourth-order valence-corrected chi connectivity index (χ4v) is 4.76. The molecule has 1 fully saturated rings. The highest BCUT2D eigenvalue weighted by Gasteiger charge is 2.19. The van der Waals surface area contributed by atoms with Crippen molar-refractivity contribution in [2.75, 3.05) is 31.6 Å². The molecule has 1 saturated carbocycles. The summed E-state index contributed by atoms with van der Waals surface area (Å²) < 4.78 is 24.7. The maximum absolute atomic E-state index is 13.6. The number of nitrogens with one attached hydrogen (secondary N) is 1. The van der Waals surface area contributed by atoms with Crippen LogP contribution in [-0.4, -0.2) is 54.4 Å². The minimum atomic E-state index is -0.984. The molecule has 2 aromatic rings. The van der Waals surface area contributed by atoms with Crippen molar-refractivity contribution in [2.24, 2.45) is 5.92 Å². The quantitative estimate of drug-likeness (QED) is 0.317. The zero-order chi connectivity index (χ0) is 26.5. The van der Waals surface area contributed by atoms with Gasteiger partial charge in [-0.2, -0.15) is 0 Å². The van der Waals surface area contributed by atoms with Crippen LogP contribution in [0.5, 0.6) is 5.75 Å². The predicted octanol–water partition coefficient (Wildman–Crippen LogP) is 6.13. The molecule has 0 bridgehead atoms. The second-order valence-corrected chi connectivity index (χ2v) is 9.55. The van der Waals surface area contributed by atoms with Crippen molar-refractivity contribution in [2.45, 2.75) is 64.4 Å². The molecule has 8 heteroatoms. The number of urea groups is 1. The molecule has 0 spiro atoms. The van der Waals surface area contributed by atoms with Gasteiger partial charge in [-0.1, -0.05) is 50.3 Å². The molecule has 1 atom stereocenters. The molecule has 0 aliphatic heterocycles. The molecule has 7 nitrogen and oxygen atoms in total. The van der Waals surface area contributed by atoms with Gasteiger partial charge in [-0.05, 0) is 61.6 Å². The minimum absolute atomic E-state index is 0.274. The van der Waals surface area contributed by atoms with E-state index in [9.17, 15) is 19.1 Å². The highest BCUT2D eigenvalue weighted by molar-refractivity contribution is 5.89. The number of hydrogen-bond donors (Lipinski definition) is 2. The Labute approximate surface area is 219 Å². The number of hydrogen-bond acceptors (Lipinski definition) is 4. The van der Waals surface area contributed by atoms with E-state index >= 15 is 0 Å². The highest BCUT2D eigenvalue weighted by Crippen LogP contribution is 2.27. The van der Waals surface area contributed by atoms with Crippen molar-refractivity contribution in [1.29, 1.82) is 0 Å². The summed E-state index contributed by atoms with van der Waals surface area (Å²) in [7, 11) is 0. The Hall–Kier alpha value is -3.13. The molecule has 1 aliphatic carbocycles. The molecule has 0 heterocycles. The van der Waals surface area contributed by atoms with Gasteiger partial charge in [0.1, 0.15) is 18.2 Å². The fourth-order valence-electron chi connectivity index (χ4n) is 4.76. The number of carboxylic acid groups (broad SMARTS) is 1. The lowest BCUT2D eigenvalue weighted by Gasteiger charge is -2.26. The van der Waals surface area contributed by atoms with Gasteiger partial charge in [0.15, 0.2) is 6.10 Å². The van der Waals surface area contributed by atoms with Crippen molar-refractivity contribution in [3.05, 3.63) is 59.9 Å². The number of nitrogens with zero attached hydrogens (tertiary/aromatic N) is 1. The third kappa shape index (κ3) is 10.0. The molecular formula is C29H39FN2O5. The van der Waals surface area contributed by atoms with Gasteiger partial charge in [0.05, 0.1) is 6.54 Å². The summed E-state index contributed by atoms with van der Waals surface area (Å²) in [6, 6.07) is 12.8. The molecule has 2 aromatic carbocycles. The number of halogens is 1. The SMILES string of the molecule is CCOC(Cc1ccc(OCCN(CCCC2CCCCC2)C(=O)Nc2cccc(F)c2)cc1)C(=O)O. The summed E-state index contributed by atoms with van der Waals surface area (Å²) in [5.74, 6) is -0.00791. The van der Waals surface area contributed by atoms with Crippen LogP contribution in [0.3, 0.4) is 0 Å². The Balaban J connectivity index is 1.52. The van der Waals surface area contributed by atoms with Crippen molar-refractivity contribution < 1.29 is 28.6 Å². The first-order valence-electron chi connectivity index (χ1n) is 13.3. The first-order chi connectivity index (χ1) is 17.9. The largest absolute Gasteiger partial charge is 0.492 e. The number of carbonyl (C=O) groups excluding carboxylic acids is 1. The Morgan fingerprint density at radius 2 is 1.86 bits per heavy atom. The van der Waals surface area contributed by atoms with Gasteiger partial charge in [0.25, 0.3) is 0 Å². The van der Waals surface area contributed by atoms with Crippen molar-refractivity contribution in [3.8, 4) is 5.75 Å². The van der Waals surface area contributed by atoms with E-state index in [0.717, 1.165) is 24.3 Å². The Kier molecular flexibility index (Phi) is 11.7. The predicted molar refractivity (Wildman–Crippen MR) is 141 cm³/mol. The molecular weight excluding hydrogens is 475 g/mol. The Bertz CT molecular complexity index is 979.